The molecule has 2 saturated heterocycles. The maximum atomic E-state index is 14.2. The second-order valence-corrected chi connectivity index (χ2v) is 8.52. The summed E-state index contributed by atoms with van der Waals surface area (Å²) in [5.41, 5.74) is 0.716. The number of halogens is 2. The highest BCUT2D eigenvalue weighted by Gasteiger charge is 2.46. The van der Waals surface area contributed by atoms with Crippen LogP contribution >= 0.6 is 0 Å². The van der Waals surface area contributed by atoms with E-state index in [-0.39, 0.29) is 30.0 Å². The van der Waals surface area contributed by atoms with Crippen LogP contribution in [-0.4, -0.2) is 68.6 Å². The Morgan fingerprint density at radius 3 is 2.71 bits per heavy atom. The van der Waals surface area contributed by atoms with Gasteiger partial charge in [-0.05, 0) is 30.7 Å². The SMILES string of the molecule is CCC(F)(F)c1ccnc(N2CCC3CN(C(=O)c4cc(OC)ccc4-n4nccn4)C3C2)n1. The first-order chi connectivity index (χ1) is 16.4. The number of hydrogen-bond donors (Lipinski definition) is 0. The van der Waals surface area contributed by atoms with Crippen LogP contribution in [-0.2, 0) is 5.92 Å². The van der Waals surface area contributed by atoms with Crippen molar-refractivity contribution >= 4 is 11.9 Å². The van der Waals surface area contributed by atoms with E-state index >= 15 is 0 Å². The molecule has 1 aromatic carbocycles. The van der Waals surface area contributed by atoms with Crippen LogP contribution in [0.5, 0.6) is 5.75 Å². The van der Waals surface area contributed by atoms with Crippen molar-refractivity contribution in [2.75, 3.05) is 31.6 Å². The molecular weight excluding hydrogens is 444 g/mol. The minimum Gasteiger partial charge on any atom is -0.497 e. The van der Waals surface area contributed by atoms with Gasteiger partial charge in [-0.25, -0.2) is 9.97 Å². The third kappa shape index (κ3) is 3.84. The van der Waals surface area contributed by atoms with Crippen molar-refractivity contribution in [1.29, 1.82) is 0 Å². The number of ether oxygens (including phenoxy) is 1. The fourth-order valence-corrected chi connectivity index (χ4v) is 4.58. The molecule has 0 N–H and O–H groups in total. The number of methoxy groups -OCH3 is 1. The molecule has 2 aliphatic rings. The molecule has 9 nitrogen and oxygen atoms in total. The predicted molar refractivity (Wildman–Crippen MR) is 119 cm³/mol. The van der Waals surface area contributed by atoms with Crippen LogP contribution in [0.1, 0.15) is 35.8 Å². The summed E-state index contributed by atoms with van der Waals surface area (Å²) in [4.78, 5) is 27.1. The molecule has 4 heterocycles. The van der Waals surface area contributed by atoms with E-state index in [1.807, 2.05) is 9.80 Å². The minimum absolute atomic E-state index is 0.0650. The molecule has 1 amide bonds. The highest BCUT2D eigenvalue weighted by molar-refractivity contribution is 5.99. The molecule has 34 heavy (non-hydrogen) atoms. The Balaban J connectivity index is 1.38. The lowest BCUT2D eigenvalue weighted by Crippen LogP contribution is -2.66. The predicted octanol–water partition coefficient (Wildman–Crippen LogP) is 2.92. The number of likely N-dealkylation sites (tertiary alicyclic amines) is 1. The third-order valence-corrected chi connectivity index (χ3v) is 6.63. The molecule has 2 aliphatic heterocycles. The van der Waals surface area contributed by atoms with E-state index in [9.17, 15) is 13.6 Å². The topological polar surface area (TPSA) is 89.3 Å². The normalized spacial score (nSPS) is 20.0. The van der Waals surface area contributed by atoms with Gasteiger partial charge in [-0.2, -0.15) is 23.8 Å². The first-order valence-electron chi connectivity index (χ1n) is 11.2. The number of fused-ring (bicyclic) bond motifs is 1. The van der Waals surface area contributed by atoms with E-state index < -0.39 is 5.92 Å². The fraction of sp³-hybridized carbons (Fsp3) is 0.435. The maximum absolute atomic E-state index is 14.2. The summed E-state index contributed by atoms with van der Waals surface area (Å²) in [7, 11) is 1.55. The zero-order chi connectivity index (χ0) is 23.9. The van der Waals surface area contributed by atoms with E-state index in [4.69, 9.17) is 4.74 Å². The van der Waals surface area contributed by atoms with Gasteiger partial charge in [-0.15, -0.1) is 0 Å². The molecule has 2 fully saturated rings. The van der Waals surface area contributed by atoms with Gasteiger partial charge >= 0.3 is 0 Å². The van der Waals surface area contributed by atoms with Crippen LogP contribution in [0, 0.1) is 5.92 Å². The number of amides is 1. The Labute approximate surface area is 195 Å². The molecule has 0 bridgehead atoms. The van der Waals surface area contributed by atoms with Gasteiger partial charge in [-0.3, -0.25) is 4.79 Å². The molecule has 2 unspecified atom stereocenters. The van der Waals surface area contributed by atoms with Crippen molar-refractivity contribution in [1.82, 2.24) is 29.9 Å². The zero-order valence-corrected chi connectivity index (χ0v) is 18.9. The van der Waals surface area contributed by atoms with Crippen LogP contribution in [0.2, 0.25) is 0 Å². The Bertz CT molecular complexity index is 1190. The second-order valence-electron chi connectivity index (χ2n) is 8.52. The lowest BCUT2D eigenvalue weighted by molar-refractivity contribution is -0.0129. The molecule has 2 atom stereocenters. The average molecular weight is 469 g/mol. The molecular formula is C23H25F2N7O2. The zero-order valence-electron chi connectivity index (χ0n) is 18.9. The number of carbonyl (C=O) groups is 1. The summed E-state index contributed by atoms with van der Waals surface area (Å²) in [6, 6.07) is 6.39. The van der Waals surface area contributed by atoms with Gasteiger partial charge in [0.05, 0.1) is 36.8 Å². The number of aromatic nitrogens is 5. The molecule has 2 aromatic heterocycles. The van der Waals surface area contributed by atoms with E-state index in [1.165, 1.54) is 24.0 Å². The molecule has 11 heteroatoms. The smallest absolute Gasteiger partial charge is 0.289 e. The summed E-state index contributed by atoms with van der Waals surface area (Å²) in [6.45, 7) is 3.20. The monoisotopic (exact) mass is 469 g/mol. The van der Waals surface area contributed by atoms with Gasteiger partial charge in [-0.1, -0.05) is 6.92 Å². The number of nitrogens with zero attached hydrogens (tertiary/aromatic N) is 7. The van der Waals surface area contributed by atoms with Crippen LogP contribution < -0.4 is 9.64 Å². The lowest BCUT2D eigenvalue weighted by Gasteiger charge is -2.53. The van der Waals surface area contributed by atoms with Gasteiger partial charge < -0.3 is 14.5 Å². The summed E-state index contributed by atoms with van der Waals surface area (Å²) in [5, 5.41) is 8.33. The molecule has 178 valence electrons. The summed E-state index contributed by atoms with van der Waals surface area (Å²) >= 11 is 0. The number of rotatable bonds is 6. The largest absolute Gasteiger partial charge is 0.497 e. The number of alkyl halides is 2. The van der Waals surface area contributed by atoms with Gasteiger partial charge in [0, 0.05) is 38.2 Å². The number of benzene rings is 1. The minimum atomic E-state index is -3.00. The molecule has 0 saturated carbocycles. The van der Waals surface area contributed by atoms with Crippen LogP contribution in [0.4, 0.5) is 14.7 Å². The molecule has 0 radical (unpaired) electrons. The second kappa shape index (κ2) is 8.62. The van der Waals surface area contributed by atoms with Crippen molar-refractivity contribution < 1.29 is 18.3 Å². The standard InChI is InChI=1S/C23H25F2N7O2/c1-3-23(24,25)20-6-8-26-22(29-20)30-11-7-15-13-31(19(15)14-30)21(33)17-12-16(34-2)4-5-18(17)32-27-9-10-28-32/h4-6,8-10,12,15,19H,3,7,11,13-14H2,1-2H3. The van der Waals surface area contributed by atoms with Crippen molar-refractivity contribution in [2.24, 2.45) is 5.92 Å². The van der Waals surface area contributed by atoms with Crippen LogP contribution in [0.25, 0.3) is 5.69 Å². The van der Waals surface area contributed by atoms with Crippen molar-refractivity contribution in [3.8, 4) is 11.4 Å². The molecule has 5 rings (SSSR count). The van der Waals surface area contributed by atoms with Crippen molar-refractivity contribution in [3.05, 3.63) is 54.1 Å². The van der Waals surface area contributed by atoms with Crippen molar-refractivity contribution in [2.45, 2.75) is 31.7 Å². The third-order valence-electron chi connectivity index (χ3n) is 6.63. The average Bonchev–Trinajstić information content (AvgIpc) is 3.39. The Morgan fingerprint density at radius 2 is 1.97 bits per heavy atom. The highest BCUT2D eigenvalue weighted by atomic mass is 19.3. The quantitative estimate of drug-likeness (QED) is 0.548. The van der Waals surface area contributed by atoms with E-state index in [0.717, 1.165) is 6.42 Å². The molecule has 3 aromatic rings. The van der Waals surface area contributed by atoms with E-state index in [1.54, 1.807) is 37.7 Å². The fourth-order valence-electron chi connectivity index (χ4n) is 4.58. The first-order valence-corrected chi connectivity index (χ1v) is 11.2. The van der Waals surface area contributed by atoms with E-state index in [2.05, 4.69) is 20.2 Å². The first kappa shape index (κ1) is 22.2. The summed E-state index contributed by atoms with van der Waals surface area (Å²) in [6.07, 6.45) is 4.97. The molecule has 0 spiro atoms. The van der Waals surface area contributed by atoms with Crippen LogP contribution in [0.3, 0.4) is 0 Å². The Morgan fingerprint density at radius 1 is 1.18 bits per heavy atom. The highest BCUT2D eigenvalue weighted by Crippen LogP contribution is 2.37. The van der Waals surface area contributed by atoms with E-state index in [0.29, 0.717) is 42.6 Å². The maximum Gasteiger partial charge on any atom is 0.289 e. The van der Waals surface area contributed by atoms with Gasteiger partial charge in [0.15, 0.2) is 0 Å². The van der Waals surface area contributed by atoms with Gasteiger partial charge in [0.2, 0.25) is 5.95 Å². The van der Waals surface area contributed by atoms with Crippen LogP contribution in [0.15, 0.2) is 42.9 Å². The summed E-state index contributed by atoms with van der Waals surface area (Å²) in [5.74, 6) is -1.98. The summed E-state index contributed by atoms with van der Waals surface area (Å²) < 4.78 is 33.7. The van der Waals surface area contributed by atoms with Gasteiger partial charge in [0.1, 0.15) is 11.4 Å². The Kier molecular flexibility index (Phi) is 5.62. The lowest BCUT2D eigenvalue weighted by atomic mass is 9.81. The Hall–Kier alpha value is -3.63. The number of hydrogen-bond acceptors (Lipinski definition) is 7. The number of anilines is 1. The van der Waals surface area contributed by atoms with Crippen molar-refractivity contribution in [3.63, 3.8) is 0 Å². The van der Waals surface area contributed by atoms with Gasteiger partial charge in [0.25, 0.3) is 11.8 Å². The number of carbonyl (C=O) groups excluding carboxylic acids is 1. The number of piperidine rings is 1. The molecule has 0 aliphatic carbocycles.